The number of benzene rings is 1. The summed E-state index contributed by atoms with van der Waals surface area (Å²) in [4.78, 5) is 24.3. The van der Waals surface area contributed by atoms with E-state index in [4.69, 9.17) is 4.65 Å². The number of aliphatic hydroxyl groups excluding tert-OH is 1. The van der Waals surface area contributed by atoms with Gasteiger partial charge in [-0.1, -0.05) is 12.1 Å². The summed E-state index contributed by atoms with van der Waals surface area (Å²) in [7, 11) is 0.560. The SMILES string of the molecule is CNCCN[C@H]1CC[C@H](C(CO)C(=O)N[C@H]2Cc3cccc(C(=O)O)c3OB2O)CC1. The number of carboxylic acids is 1. The van der Waals surface area contributed by atoms with Gasteiger partial charge in [-0.15, -0.1) is 0 Å². The van der Waals surface area contributed by atoms with Gasteiger partial charge in [-0.25, -0.2) is 4.79 Å². The van der Waals surface area contributed by atoms with Gasteiger partial charge in [0.05, 0.1) is 24.0 Å². The van der Waals surface area contributed by atoms with Gasteiger partial charge in [0.1, 0.15) is 5.75 Å². The molecular weight excluding hydrogens is 401 g/mol. The lowest BCUT2D eigenvalue weighted by atomic mass is 9.71. The number of likely N-dealkylation sites (N-methyl/N-ethyl adjacent to an activating group) is 1. The fourth-order valence-corrected chi connectivity index (χ4v) is 4.58. The number of aromatic carboxylic acids is 1. The molecule has 1 amide bonds. The summed E-state index contributed by atoms with van der Waals surface area (Å²) in [5.74, 6) is -2.48. The van der Waals surface area contributed by atoms with Crippen molar-refractivity contribution in [2.45, 2.75) is 44.1 Å². The third-order valence-corrected chi connectivity index (χ3v) is 6.36. The Morgan fingerprint density at radius 1 is 1.23 bits per heavy atom. The number of aliphatic hydroxyl groups is 1. The molecule has 2 atom stereocenters. The van der Waals surface area contributed by atoms with Crippen LogP contribution in [0.15, 0.2) is 18.2 Å². The lowest BCUT2D eigenvalue weighted by Gasteiger charge is -2.34. The summed E-state index contributed by atoms with van der Waals surface area (Å²) in [6.45, 7) is 1.56. The molecule has 0 saturated heterocycles. The lowest BCUT2D eigenvalue weighted by Crippen LogP contribution is -2.55. The first-order valence-electron chi connectivity index (χ1n) is 10.9. The fourth-order valence-electron chi connectivity index (χ4n) is 4.58. The van der Waals surface area contributed by atoms with Crippen molar-refractivity contribution in [1.82, 2.24) is 16.0 Å². The largest absolute Gasteiger partial charge is 0.547 e. The molecule has 0 bridgehead atoms. The van der Waals surface area contributed by atoms with Crippen LogP contribution in [0.2, 0.25) is 0 Å². The van der Waals surface area contributed by atoms with E-state index in [2.05, 4.69) is 16.0 Å². The molecule has 6 N–H and O–H groups in total. The Kier molecular flexibility index (Phi) is 8.31. The number of amides is 1. The number of carbonyl (C=O) groups excluding carboxylic acids is 1. The second-order valence-electron chi connectivity index (χ2n) is 8.39. The Labute approximate surface area is 182 Å². The summed E-state index contributed by atoms with van der Waals surface area (Å²) in [6.07, 6.45) is 3.87. The molecule has 1 aromatic carbocycles. The maximum absolute atomic E-state index is 12.9. The van der Waals surface area contributed by atoms with Crippen molar-refractivity contribution in [3.05, 3.63) is 29.3 Å². The van der Waals surface area contributed by atoms with Crippen LogP contribution in [0, 0.1) is 11.8 Å². The molecule has 9 nitrogen and oxygen atoms in total. The van der Waals surface area contributed by atoms with Crippen molar-refractivity contribution < 1.29 is 29.5 Å². The third-order valence-electron chi connectivity index (χ3n) is 6.36. The minimum Gasteiger partial charge on any atom is -0.534 e. The van der Waals surface area contributed by atoms with E-state index in [0.717, 1.165) is 38.8 Å². The van der Waals surface area contributed by atoms with Gasteiger partial charge in [0.25, 0.3) is 0 Å². The number of carbonyl (C=O) groups is 2. The predicted octanol–water partition coefficient (Wildman–Crippen LogP) is -0.199. The Hall–Kier alpha value is -2.14. The van der Waals surface area contributed by atoms with Crippen LogP contribution in [0.3, 0.4) is 0 Å². The van der Waals surface area contributed by atoms with E-state index in [0.29, 0.717) is 11.6 Å². The highest BCUT2D eigenvalue weighted by atomic mass is 16.5. The zero-order valence-electron chi connectivity index (χ0n) is 17.8. The molecule has 1 fully saturated rings. The van der Waals surface area contributed by atoms with Gasteiger partial charge in [0, 0.05) is 19.1 Å². The third kappa shape index (κ3) is 5.76. The van der Waals surface area contributed by atoms with Crippen LogP contribution in [0.5, 0.6) is 5.75 Å². The Morgan fingerprint density at radius 2 is 1.97 bits per heavy atom. The molecule has 170 valence electrons. The number of para-hydroxylation sites is 1. The first-order chi connectivity index (χ1) is 14.9. The van der Waals surface area contributed by atoms with Crippen LogP contribution in [0.4, 0.5) is 0 Å². The van der Waals surface area contributed by atoms with Gasteiger partial charge >= 0.3 is 13.1 Å². The average molecular weight is 433 g/mol. The summed E-state index contributed by atoms with van der Waals surface area (Å²) in [5, 5.41) is 39.0. The smallest absolute Gasteiger partial charge is 0.534 e. The molecule has 1 heterocycles. The van der Waals surface area contributed by atoms with E-state index >= 15 is 0 Å². The summed E-state index contributed by atoms with van der Waals surface area (Å²) in [6, 6.07) is 5.18. The molecule has 1 unspecified atom stereocenters. The van der Waals surface area contributed by atoms with E-state index in [1.54, 1.807) is 12.1 Å². The van der Waals surface area contributed by atoms with Crippen LogP contribution in [-0.4, -0.2) is 73.0 Å². The maximum atomic E-state index is 12.9. The van der Waals surface area contributed by atoms with Crippen molar-refractivity contribution in [2.24, 2.45) is 11.8 Å². The van der Waals surface area contributed by atoms with Crippen LogP contribution in [0.25, 0.3) is 0 Å². The number of rotatable bonds is 9. The molecule has 1 saturated carbocycles. The predicted molar refractivity (Wildman–Crippen MR) is 116 cm³/mol. The van der Waals surface area contributed by atoms with Crippen molar-refractivity contribution in [1.29, 1.82) is 0 Å². The molecular formula is C21H32BN3O6. The summed E-state index contributed by atoms with van der Waals surface area (Å²) in [5.41, 5.74) is 0.596. The minimum absolute atomic E-state index is 0.0188. The molecule has 1 aromatic rings. The first-order valence-corrected chi connectivity index (χ1v) is 10.9. The van der Waals surface area contributed by atoms with Gasteiger partial charge in [-0.05, 0) is 56.7 Å². The number of nitrogens with one attached hydrogen (secondary N) is 3. The second-order valence-corrected chi connectivity index (χ2v) is 8.39. The zero-order valence-corrected chi connectivity index (χ0v) is 17.8. The lowest BCUT2D eigenvalue weighted by molar-refractivity contribution is -0.129. The molecule has 1 aliphatic heterocycles. The van der Waals surface area contributed by atoms with E-state index in [1.807, 2.05) is 7.05 Å². The van der Waals surface area contributed by atoms with Gasteiger partial charge in [-0.3, -0.25) is 4.79 Å². The van der Waals surface area contributed by atoms with Gasteiger partial charge in [0.15, 0.2) is 0 Å². The quantitative estimate of drug-likeness (QED) is 0.233. The molecule has 31 heavy (non-hydrogen) atoms. The van der Waals surface area contributed by atoms with E-state index in [1.165, 1.54) is 6.07 Å². The topological polar surface area (TPSA) is 140 Å². The minimum atomic E-state index is -1.36. The van der Waals surface area contributed by atoms with Crippen LogP contribution in [0.1, 0.15) is 41.6 Å². The number of hydrogen-bond acceptors (Lipinski definition) is 7. The highest BCUT2D eigenvalue weighted by Crippen LogP contribution is 2.32. The average Bonchev–Trinajstić information content (AvgIpc) is 2.75. The van der Waals surface area contributed by atoms with Crippen molar-refractivity contribution in [2.75, 3.05) is 26.7 Å². The highest BCUT2D eigenvalue weighted by molar-refractivity contribution is 6.47. The second kappa shape index (κ2) is 10.9. The molecule has 3 rings (SSSR count). The van der Waals surface area contributed by atoms with Gasteiger partial charge in [-0.2, -0.15) is 0 Å². The van der Waals surface area contributed by atoms with Crippen LogP contribution < -0.4 is 20.6 Å². The Bertz CT molecular complexity index is 771. The summed E-state index contributed by atoms with van der Waals surface area (Å²) >= 11 is 0. The van der Waals surface area contributed by atoms with Crippen molar-refractivity contribution in [3.63, 3.8) is 0 Å². The monoisotopic (exact) mass is 433 g/mol. The van der Waals surface area contributed by atoms with E-state index in [9.17, 15) is 24.8 Å². The van der Waals surface area contributed by atoms with E-state index in [-0.39, 0.29) is 36.2 Å². The zero-order chi connectivity index (χ0) is 22.4. The van der Waals surface area contributed by atoms with Crippen molar-refractivity contribution >= 4 is 19.0 Å². The maximum Gasteiger partial charge on any atom is 0.547 e. The van der Waals surface area contributed by atoms with E-state index < -0.39 is 24.9 Å². The molecule has 2 aliphatic rings. The highest BCUT2D eigenvalue weighted by Gasteiger charge is 2.40. The summed E-state index contributed by atoms with van der Waals surface area (Å²) < 4.78 is 5.44. The molecule has 0 radical (unpaired) electrons. The molecule has 1 aliphatic carbocycles. The van der Waals surface area contributed by atoms with Crippen LogP contribution >= 0.6 is 0 Å². The molecule has 0 spiro atoms. The fraction of sp³-hybridized carbons (Fsp3) is 0.619. The standard InChI is InChI=1S/C21H32BN3O6/c1-23-9-10-24-15-7-5-13(6-8-15)17(12-26)20(27)25-18-11-14-3-2-4-16(21(28)29)19(14)31-22(18)30/h2-4,13,15,17-18,23-24,26,30H,5-12H2,1H3,(H,25,27)(H,28,29)/t13-,15-,17?,18-/m0/s1. The number of hydrogen-bond donors (Lipinski definition) is 6. The normalized spacial score (nSPS) is 24.1. The Balaban J connectivity index is 1.57. The van der Waals surface area contributed by atoms with Gasteiger partial charge < -0.3 is 35.8 Å². The molecule has 0 aromatic heterocycles. The number of carboxylic acid groups (broad SMARTS) is 1. The van der Waals surface area contributed by atoms with Gasteiger partial charge in [0.2, 0.25) is 5.91 Å². The van der Waals surface area contributed by atoms with Crippen LogP contribution in [-0.2, 0) is 11.2 Å². The number of fused-ring (bicyclic) bond motifs is 1. The molecule has 10 heteroatoms. The Morgan fingerprint density at radius 3 is 2.61 bits per heavy atom. The first kappa shape index (κ1) is 23.5. The van der Waals surface area contributed by atoms with Crippen molar-refractivity contribution in [3.8, 4) is 5.75 Å².